The van der Waals surface area contributed by atoms with E-state index in [1.807, 2.05) is 0 Å². The monoisotopic (exact) mass is 216 g/mol. The summed E-state index contributed by atoms with van der Waals surface area (Å²) in [7, 11) is 0. The van der Waals surface area contributed by atoms with Gasteiger partial charge in [0.05, 0.1) is 0 Å². The van der Waals surface area contributed by atoms with Crippen molar-refractivity contribution in [3.8, 4) is 11.8 Å². The quantitative estimate of drug-likeness (QED) is 0.621. The van der Waals surface area contributed by atoms with E-state index >= 15 is 0 Å². The molecule has 0 fully saturated rings. The molecule has 1 aromatic rings. The molecule has 0 heterocycles. The molecule has 82 valence electrons. The maximum absolute atomic E-state index is 11.4. The first-order chi connectivity index (χ1) is 7.63. The van der Waals surface area contributed by atoms with Crippen LogP contribution in [0.1, 0.15) is 35.7 Å². The highest BCUT2D eigenvalue weighted by molar-refractivity contribution is 5.96. The van der Waals surface area contributed by atoms with Crippen molar-refractivity contribution in [2.75, 3.05) is 0 Å². The summed E-state index contributed by atoms with van der Waals surface area (Å²) in [5.41, 5.74) is 1.28. The summed E-state index contributed by atoms with van der Waals surface area (Å²) in [5.74, 6) is 4.34. The van der Waals surface area contributed by atoms with Crippen molar-refractivity contribution in [2.24, 2.45) is 0 Å². The van der Waals surface area contributed by atoms with E-state index in [0.29, 0.717) is 17.5 Å². The number of carbonyl (C=O) groups is 2. The molecular weight excluding hydrogens is 204 g/mol. The Balaban J connectivity index is 2.85. The van der Waals surface area contributed by atoms with E-state index in [0.717, 1.165) is 0 Å². The summed E-state index contributed by atoms with van der Waals surface area (Å²) >= 11 is 0. The zero-order chi connectivity index (χ0) is 12.0. The summed E-state index contributed by atoms with van der Waals surface area (Å²) < 4.78 is 0. The lowest BCUT2D eigenvalue weighted by atomic mass is 10.1. The van der Waals surface area contributed by atoms with Gasteiger partial charge < -0.3 is 5.11 Å². The molecular formula is C13H12O3. The second-order valence-electron chi connectivity index (χ2n) is 3.23. The van der Waals surface area contributed by atoms with Gasteiger partial charge in [-0.2, -0.15) is 0 Å². The molecule has 0 saturated heterocycles. The minimum absolute atomic E-state index is 0.0573. The molecule has 0 saturated carbocycles. The molecule has 3 nitrogen and oxygen atoms in total. The van der Waals surface area contributed by atoms with Crippen molar-refractivity contribution < 1.29 is 14.7 Å². The van der Waals surface area contributed by atoms with Crippen LogP contribution in [0.5, 0.6) is 0 Å². The number of Topliss-reactive ketones (excluding diaryl/α,β-unsaturated/α-hetero) is 1. The second kappa shape index (κ2) is 5.72. The van der Waals surface area contributed by atoms with Crippen molar-refractivity contribution in [3.63, 3.8) is 0 Å². The average Bonchev–Trinajstić information content (AvgIpc) is 2.28. The number of carbonyl (C=O) groups excluding carboxylic acids is 1. The predicted molar refractivity (Wildman–Crippen MR) is 60.2 cm³/mol. The Labute approximate surface area is 94.1 Å². The van der Waals surface area contributed by atoms with E-state index in [1.165, 1.54) is 0 Å². The molecule has 0 aromatic heterocycles. The predicted octanol–water partition coefficient (Wildman–Crippen LogP) is 2.11. The minimum atomic E-state index is -0.951. The van der Waals surface area contributed by atoms with Gasteiger partial charge in [0.2, 0.25) is 0 Å². The zero-order valence-electron chi connectivity index (χ0n) is 8.99. The van der Waals surface area contributed by atoms with Crippen LogP contribution in [-0.2, 0) is 4.79 Å². The molecule has 0 unspecified atom stereocenters. The largest absolute Gasteiger partial charge is 0.481 e. The van der Waals surface area contributed by atoms with Crippen molar-refractivity contribution in [1.29, 1.82) is 0 Å². The van der Waals surface area contributed by atoms with E-state index in [9.17, 15) is 9.59 Å². The fourth-order valence-corrected chi connectivity index (χ4v) is 1.20. The standard InChI is InChI=1S/C13H12O3/c1-2-12(14)11-7-3-5-10(9-11)6-4-8-13(15)16/h3,5,7,9H,2,8H2,1H3,(H,15,16). The Bertz CT molecular complexity index is 464. The third kappa shape index (κ3) is 3.58. The smallest absolute Gasteiger partial charge is 0.315 e. The molecule has 0 aliphatic carbocycles. The summed E-state index contributed by atoms with van der Waals surface area (Å²) in [6.07, 6.45) is 0.262. The van der Waals surface area contributed by atoms with E-state index < -0.39 is 5.97 Å². The number of carboxylic acids is 1. The summed E-state index contributed by atoms with van der Waals surface area (Å²) in [6.45, 7) is 1.80. The second-order valence-corrected chi connectivity index (χ2v) is 3.23. The molecule has 0 atom stereocenters. The zero-order valence-corrected chi connectivity index (χ0v) is 8.99. The molecule has 0 radical (unpaired) electrons. The number of rotatable bonds is 3. The third-order valence-electron chi connectivity index (χ3n) is 1.98. The van der Waals surface area contributed by atoms with Gasteiger partial charge >= 0.3 is 5.97 Å². The summed E-state index contributed by atoms with van der Waals surface area (Å²) in [5, 5.41) is 8.42. The van der Waals surface area contributed by atoms with E-state index in [4.69, 9.17) is 5.11 Å². The van der Waals surface area contributed by atoms with Crippen LogP contribution in [0.4, 0.5) is 0 Å². The van der Waals surface area contributed by atoms with Crippen molar-refractivity contribution in [1.82, 2.24) is 0 Å². The Hall–Kier alpha value is -2.08. The fraction of sp³-hybridized carbons (Fsp3) is 0.231. The Morgan fingerprint density at radius 3 is 2.75 bits per heavy atom. The SMILES string of the molecule is CCC(=O)c1cccc(C#CCC(=O)O)c1. The van der Waals surface area contributed by atoms with Gasteiger partial charge in [0.1, 0.15) is 6.42 Å². The lowest BCUT2D eigenvalue weighted by Crippen LogP contribution is -1.96. The minimum Gasteiger partial charge on any atom is -0.481 e. The van der Waals surface area contributed by atoms with E-state index in [2.05, 4.69) is 11.8 Å². The fourth-order valence-electron chi connectivity index (χ4n) is 1.20. The van der Waals surface area contributed by atoms with Crippen molar-refractivity contribution in [3.05, 3.63) is 35.4 Å². The van der Waals surface area contributed by atoms with Gasteiger partial charge in [-0.15, -0.1) is 0 Å². The first-order valence-corrected chi connectivity index (χ1v) is 4.97. The molecule has 0 aliphatic heterocycles. The first-order valence-electron chi connectivity index (χ1n) is 4.97. The molecule has 0 spiro atoms. The number of benzene rings is 1. The molecule has 0 bridgehead atoms. The maximum atomic E-state index is 11.4. The lowest BCUT2D eigenvalue weighted by Gasteiger charge is -1.97. The highest BCUT2D eigenvalue weighted by Gasteiger charge is 2.02. The number of hydrogen-bond acceptors (Lipinski definition) is 2. The molecule has 1 rings (SSSR count). The molecule has 1 N–H and O–H groups in total. The van der Waals surface area contributed by atoms with Crippen LogP contribution in [0.25, 0.3) is 0 Å². The Morgan fingerprint density at radius 2 is 2.12 bits per heavy atom. The van der Waals surface area contributed by atoms with Crippen LogP contribution < -0.4 is 0 Å². The van der Waals surface area contributed by atoms with Crippen LogP contribution >= 0.6 is 0 Å². The first kappa shape index (κ1) is 12.0. The Morgan fingerprint density at radius 1 is 1.38 bits per heavy atom. The topological polar surface area (TPSA) is 54.4 Å². The van der Waals surface area contributed by atoms with Crippen LogP contribution in [0.3, 0.4) is 0 Å². The van der Waals surface area contributed by atoms with Gasteiger partial charge in [0, 0.05) is 17.5 Å². The molecule has 0 aliphatic rings. The van der Waals surface area contributed by atoms with Crippen molar-refractivity contribution in [2.45, 2.75) is 19.8 Å². The van der Waals surface area contributed by atoms with Crippen LogP contribution in [0.15, 0.2) is 24.3 Å². The summed E-state index contributed by atoms with van der Waals surface area (Å²) in [4.78, 5) is 21.7. The van der Waals surface area contributed by atoms with Crippen LogP contribution in [-0.4, -0.2) is 16.9 Å². The third-order valence-corrected chi connectivity index (χ3v) is 1.98. The van der Waals surface area contributed by atoms with Gasteiger partial charge in [0.15, 0.2) is 5.78 Å². The number of ketones is 1. The number of hydrogen-bond donors (Lipinski definition) is 1. The normalized spacial score (nSPS) is 9.06. The number of carboxylic acid groups (broad SMARTS) is 1. The average molecular weight is 216 g/mol. The van der Waals surface area contributed by atoms with Gasteiger partial charge in [-0.3, -0.25) is 9.59 Å². The van der Waals surface area contributed by atoms with Crippen LogP contribution in [0.2, 0.25) is 0 Å². The van der Waals surface area contributed by atoms with Crippen molar-refractivity contribution >= 4 is 11.8 Å². The molecule has 16 heavy (non-hydrogen) atoms. The highest BCUT2D eigenvalue weighted by atomic mass is 16.4. The van der Waals surface area contributed by atoms with Crippen LogP contribution in [0, 0.1) is 11.8 Å². The van der Waals surface area contributed by atoms with Gasteiger partial charge in [-0.25, -0.2) is 0 Å². The number of aliphatic carboxylic acids is 1. The molecule has 1 aromatic carbocycles. The van der Waals surface area contributed by atoms with E-state index in [-0.39, 0.29) is 12.2 Å². The highest BCUT2D eigenvalue weighted by Crippen LogP contribution is 2.06. The summed E-state index contributed by atoms with van der Waals surface area (Å²) in [6, 6.07) is 6.91. The molecule has 3 heteroatoms. The maximum Gasteiger partial charge on any atom is 0.315 e. The molecule has 0 amide bonds. The lowest BCUT2D eigenvalue weighted by molar-refractivity contribution is -0.135. The van der Waals surface area contributed by atoms with Gasteiger partial charge in [0.25, 0.3) is 0 Å². The van der Waals surface area contributed by atoms with Gasteiger partial charge in [-0.1, -0.05) is 30.9 Å². The van der Waals surface area contributed by atoms with E-state index in [1.54, 1.807) is 31.2 Å². The van der Waals surface area contributed by atoms with Gasteiger partial charge in [-0.05, 0) is 12.1 Å². The Kier molecular flexibility index (Phi) is 4.28.